The average Bonchev–Trinajstić information content (AvgIpc) is 1.63. The molecule has 9 fully saturated rings. The number of esters is 1. The predicted octanol–water partition coefficient (Wildman–Crippen LogP) is 6.79. The van der Waals surface area contributed by atoms with Crippen LogP contribution in [0, 0.1) is 5.92 Å². The van der Waals surface area contributed by atoms with Gasteiger partial charge in [0.25, 0.3) is 5.56 Å². The lowest BCUT2D eigenvalue weighted by molar-refractivity contribution is -0.120. The Morgan fingerprint density at radius 2 is 0.922 bits per heavy atom. The van der Waals surface area contributed by atoms with E-state index < -0.39 is 28.0 Å². The largest absolute Gasteiger partial charge is 0.478 e. The molecule has 45 heteroatoms. The van der Waals surface area contributed by atoms with Gasteiger partial charge in [0, 0.05) is 165 Å². The molecule has 13 heterocycles. The first kappa shape index (κ1) is 104. The number of likely N-dealkylation sites (tertiary alicyclic amines) is 7. The molecule has 19 rings (SSSR count). The summed E-state index contributed by atoms with van der Waals surface area (Å²) in [7, 11) is -1.97. The zero-order valence-corrected chi connectivity index (χ0v) is 80.2. The van der Waals surface area contributed by atoms with Crippen LogP contribution in [0.25, 0.3) is 22.2 Å². The summed E-state index contributed by atoms with van der Waals surface area (Å²) in [4.78, 5) is 211. The number of imidazole rings is 2. The topological polar surface area (TPSA) is 549 Å². The van der Waals surface area contributed by atoms with Crippen molar-refractivity contribution in [3.8, 4) is 0 Å². The van der Waals surface area contributed by atoms with Crippen LogP contribution in [0.1, 0.15) is 160 Å². The monoisotopic (exact) mass is 1970 g/mol. The van der Waals surface area contributed by atoms with Crippen molar-refractivity contribution in [1.29, 1.82) is 0 Å². The number of primary amides is 1. The summed E-state index contributed by atoms with van der Waals surface area (Å²) in [5, 5.41) is 27.1. The molecular formula is C96H126N24O20S. The van der Waals surface area contributed by atoms with Crippen LogP contribution in [-0.4, -0.2) is 320 Å². The van der Waals surface area contributed by atoms with Crippen LogP contribution in [0.3, 0.4) is 0 Å². The number of methoxy groups -OCH3 is 1. The zero-order chi connectivity index (χ0) is 100. The number of fused-ring (bicyclic) bond motifs is 5. The van der Waals surface area contributed by atoms with E-state index in [2.05, 4.69) is 63.5 Å². The lowest BCUT2D eigenvalue weighted by Gasteiger charge is -2.46. The number of ether oxygens (including phenoxy) is 1. The Morgan fingerprint density at radius 1 is 0.496 bits per heavy atom. The minimum Gasteiger partial charge on any atom is -0.478 e. The molecular weight excluding hydrogens is 1840 g/mol. The number of aromatic amines is 3. The second-order valence-corrected chi connectivity index (χ2v) is 38.9. The number of urea groups is 4. The zero-order valence-electron chi connectivity index (χ0n) is 79.4. The Labute approximate surface area is 814 Å². The molecule has 1 aliphatic carbocycles. The summed E-state index contributed by atoms with van der Waals surface area (Å²) in [6, 6.07) is 33.0. The van der Waals surface area contributed by atoms with Crippen molar-refractivity contribution >= 4 is 147 Å². The molecule has 13 N–H and O–H groups in total. The van der Waals surface area contributed by atoms with Gasteiger partial charge in [-0.15, -0.1) is 0 Å². The first-order valence-corrected chi connectivity index (χ1v) is 49.7. The molecule has 756 valence electrons. The Balaban J connectivity index is 0.000000139. The van der Waals surface area contributed by atoms with Crippen molar-refractivity contribution in [3.05, 3.63) is 169 Å². The van der Waals surface area contributed by atoms with E-state index in [1.165, 1.54) is 43.3 Å². The molecule has 3 aromatic heterocycles. The molecule has 5 aromatic carbocycles. The number of sulfonamides is 1. The molecule has 0 radical (unpaired) electrons. The van der Waals surface area contributed by atoms with Crippen LogP contribution >= 0.6 is 0 Å². The number of nitrogens with one attached hydrogen (secondary N) is 10. The molecule has 0 bridgehead atoms. The lowest BCUT2D eigenvalue weighted by Crippen LogP contribution is -2.61. The summed E-state index contributed by atoms with van der Waals surface area (Å²) in [5.74, 6) is -0.804. The van der Waals surface area contributed by atoms with Crippen molar-refractivity contribution in [1.82, 2.24) is 83.4 Å². The summed E-state index contributed by atoms with van der Waals surface area (Å²) < 4.78 is 33.3. The Bertz CT molecular complexity index is 6030. The fourth-order valence-electron chi connectivity index (χ4n) is 19.9. The molecule has 10 aliphatic heterocycles. The van der Waals surface area contributed by atoms with Gasteiger partial charge in [-0.05, 0) is 187 Å². The van der Waals surface area contributed by atoms with Crippen molar-refractivity contribution in [2.45, 2.75) is 183 Å². The number of piperidine rings is 7. The number of carboxylic acids is 1. The summed E-state index contributed by atoms with van der Waals surface area (Å²) in [6.07, 6.45) is 24.8. The molecule has 44 nitrogen and oxygen atoms in total. The number of nitrogens with two attached hydrogens (primary N) is 1. The number of carbonyl (C=O) groups is 13. The SMILES string of the molecule is CC1(n2c(=O)[nH]c3ccccc32)CCN(C=O)CC1.COC(=O)c1ccc2c(c1)NC(=O)N(C1CCN(C=O)CC1)C2.CS(=O)(=O)Nc1ccccc1NC1CCN(C=O)CC1.NC(=O)Nc1ccccc1NC1CCN(C=O)CC1.O=CN1CCC(N2CC3CCCCC3NC2=O)CC1.O=CN1CCC(N2Cc3ccc(C(=O)O)cc3NC2=O)CC1.O=CN1CCC(n2c(=O)[nH]c3c(=O)[nH]cnc32)CC1. The fourth-order valence-corrected chi connectivity index (χ4v) is 20.5. The van der Waals surface area contributed by atoms with Gasteiger partial charge >= 0.3 is 47.4 Å². The lowest BCUT2D eigenvalue weighted by atomic mass is 9.82. The Hall–Kier alpha value is -14.8. The van der Waals surface area contributed by atoms with Gasteiger partial charge in [-0.1, -0.05) is 61.4 Å². The highest BCUT2D eigenvalue weighted by atomic mass is 32.2. The summed E-state index contributed by atoms with van der Waals surface area (Å²) in [6.45, 7) is 13.8. The van der Waals surface area contributed by atoms with Gasteiger partial charge in [0.15, 0.2) is 11.2 Å². The number of amides is 15. The van der Waals surface area contributed by atoms with Crippen LogP contribution in [0.4, 0.5) is 53.3 Å². The first-order valence-electron chi connectivity index (χ1n) is 47.8. The number of H-pyrrole nitrogens is 3. The van der Waals surface area contributed by atoms with Gasteiger partial charge < -0.3 is 106 Å². The van der Waals surface area contributed by atoms with Crippen LogP contribution < -0.4 is 59.3 Å². The number of nitrogens with zero attached hydrogens (tertiary/aromatic N) is 13. The normalized spacial score (nSPS) is 19.6. The van der Waals surface area contributed by atoms with Crippen molar-refractivity contribution in [2.75, 3.05) is 143 Å². The maximum atomic E-state index is 12.4. The number of anilines is 6. The van der Waals surface area contributed by atoms with Crippen molar-refractivity contribution in [3.63, 3.8) is 0 Å². The minimum atomic E-state index is -3.30. The maximum absolute atomic E-state index is 12.4. The first-order chi connectivity index (χ1) is 68.0. The van der Waals surface area contributed by atoms with Crippen LogP contribution in [-0.2, 0) is 67.0 Å². The van der Waals surface area contributed by atoms with E-state index in [0.717, 1.165) is 214 Å². The number of aromatic nitrogens is 6. The maximum Gasteiger partial charge on any atom is 0.337 e. The molecule has 2 atom stereocenters. The summed E-state index contributed by atoms with van der Waals surface area (Å²) >= 11 is 0. The van der Waals surface area contributed by atoms with Gasteiger partial charge in [0.05, 0.1) is 70.1 Å². The number of carbonyl (C=O) groups excluding carboxylic acids is 12. The van der Waals surface area contributed by atoms with Gasteiger partial charge in [0.2, 0.25) is 54.9 Å². The molecule has 8 aromatic rings. The quantitative estimate of drug-likeness (QED) is 0.0260. The van der Waals surface area contributed by atoms with E-state index in [0.29, 0.717) is 136 Å². The second kappa shape index (κ2) is 48.7. The third-order valence-corrected chi connectivity index (χ3v) is 28.5. The number of aromatic carboxylic acids is 1. The number of hydrogen-bond acceptors (Lipinski definition) is 22. The molecule has 0 spiro atoms. The van der Waals surface area contributed by atoms with Gasteiger partial charge in [-0.25, -0.2) is 51.8 Å². The van der Waals surface area contributed by atoms with Gasteiger partial charge in [-0.3, -0.25) is 57.2 Å². The van der Waals surface area contributed by atoms with Crippen LogP contribution in [0.15, 0.2) is 130 Å². The van der Waals surface area contributed by atoms with E-state index >= 15 is 0 Å². The van der Waals surface area contributed by atoms with Gasteiger partial charge in [-0.2, -0.15) is 0 Å². The van der Waals surface area contributed by atoms with Crippen LogP contribution in [0.5, 0.6) is 0 Å². The Kier molecular flexibility index (Phi) is 35.7. The van der Waals surface area contributed by atoms with E-state index in [4.69, 9.17) is 15.6 Å². The Morgan fingerprint density at radius 3 is 1.40 bits per heavy atom. The highest BCUT2D eigenvalue weighted by Gasteiger charge is 2.41. The van der Waals surface area contributed by atoms with Crippen LogP contribution in [0.2, 0.25) is 0 Å². The van der Waals surface area contributed by atoms with E-state index in [9.17, 15) is 85.1 Å². The standard InChI is InChI=1S/C16H19N3O4.C15H17N3O4.C14H17N3O2.C14H23N3O2.C13H18N4O2.C13H19N3O3S.C11H13N5O3/c1-23-15(21)11-2-3-12-9-19(16(22)17-14(12)8-11)13-4-6-18(10-20)7-5-13;19-9-17-5-3-12(4-6-17)18-8-11-2-1-10(14(20)21)7-13(11)16-15(18)22;1-14(6-8-16(10-18)9-7-14)17-12-5-3-2-4-11(12)15-13(17)19;18-10-16-7-5-12(6-8-16)17-9-11-3-1-2-4-13(11)15-14(17)19;14-13(19)16-12-4-2-1-3-11(12)15-10-5-7-17(9-18)8-6-10;1-20(18,19)15-13-5-3-2-4-12(13)14-11-6-8-16(10-17)9-7-11;17-6-15-3-1-7(2-4-15)16-9-8(14-11(16)19)10(18)13-5-12-9/h2-3,8,10,13H,4-7,9H2,1H3,(H,17,22);1-2,7,9,12H,3-6,8H2,(H,16,22)(H,20,21);2-5,10H,6-9H2,1H3,(H,15,19);10-13H,1-9H2,(H,15,19);1-4,9-10,15H,5-8H2,(H3,14,16,19);2-5,10-11,14-15H,6-9H2,1H3;5-7H,1-4H2,(H,14,19)(H,12,13,18). The highest BCUT2D eigenvalue weighted by molar-refractivity contribution is 7.92. The third kappa shape index (κ3) is 27.2. The smallest absolute Gasteiger partial charge is 0.337 e. The number of rotatable bonds is 21. The number of para-hydroxylation sites is 6. The second-order valence-electron chi connectivity index (χ2n) is 37.1. The predicted molar refractivity (Wildman–Crippen MR) is 526 cm³/mol. The molecule has 15 amide bonds. The van der Waals surface area contributed by atoms with E-state index in [1.54, 1.807) is 76.8 Å². The molecule has 141 heavy (non-hydrogen) atoms. The highest BCUT2D eigenvalue weighted by Crippen LogP contribution is 2.37. The number of carboxylic acid groups (broad SMARTS) is 1. The van der Waals surface area contributed by atoms with Crippen molar-refractivity contribution < 1.29 is 80.6 Å². The molecule has 11 aliphatic rings. The number of benzene rings is 5. The van der Waals surface area contributed by atoms with Gasteiger partial charge in [0.1, 0.15) is 0 Å². The van der Waals surface area contributed by atoms with Crippen molar-refractivity contribution in [2.24, 2.45) is 11.7 Å². The number of hydrogen-bond donors (Lipinski definition) is 12. The minimum absolute atomic E-state index is 0.0354. The molecule has 2 unspecified atom stereocenters. The van der Waals surface area contributed by atoms with E-state index in [1.807, 2.05) is 79.9 Å². The third-order valence-electron chi connectivity index (χ3n) is 27.9. The average molecular weight is 1970 g/mol. The molecule has 8 saturated heterocycles. The molecule has 1 saturated carbocycles. The fraction of sp³-hybridized carbons (Fsp3) is 0.490. The summed E-state index contributed by atoms with van der Waals surface area (Å²) in [5.41, 5.74) is 13.0. The van der Waals surface area contributed by atoms with E-state index in [-0.39, 0.29) is 75.8 Å².